The zero-order chi connectivity index (χ0) is 13.6. The van der Waals surface area contributed by atoms with Crippen LogP contribution in [0, 0.1) is 0 Å². The molecule has 0 aromatic rings. The van der Waals surface area contributed by atoms with Gasteiger partial charge in [-0.15, -0.1) is 24.0 Å². The fourth-order valence-corrected chi connectivity index (χ4v) is 3.59. The van der Waals surface area contributed by atoms with Crippen molar-refractivity contribution in [1.82, 2.24) is 10.6 Å². The topological polar surface area (TPSA) is 65.9 Å². The molecule has 0 radical (unpaired) electrons. The van der Waals surface area contributed by atoms with E-state index in [4.69, 9.17) is 4.74 Å². The molecule has 2 saturated heterocycles. The molecule has 0 bridgehead atoms. The molecule has 20 heavy (non-hydrogen) atoms. The molecule has 1 atom stereocenters. The van der Waals surface area contributed by atoms with Crippen molar-refractivity contribution in [2.24, 2.45) is 4.99 Å². The molecule has 2 aliphatic heterocycles. The van der Waals surface area contributed by atoms with Gasteiger partial charge in [-0.3, -0.25) is 4.99 Å². The summed E-state index contributed by atoms with van der Waals surface area (Å²) < 4.78 is 5.36. The zero-order valence-corrected chi connectivity index (χ0v) is 15.2. The van der Waals surface area contributed by atoms with Gasteiger partial charge in [-0.05, 0) is 31.9 Å². The molecule has 1 unspecified atom stereocenters. The van der Waals surface area contributed by atoms with Crippen LogP contribution in [0.3, 0.4) is 0 Å². The molecule has 2 rings (SSSR count). The van der Waals surface area contributed by atoms with E-state index < -0.39 is 5.60 Å². The molecule has 2 aliphatic rings. The van der Waals surface area contributed by atoms with Crippen LogP contribution in [0.2, 0.25) is 0 Å². The fraction of sp³-hybridized carbons (Fsp3) is 0.923. The smallest absolute Gasteiger partial charge is 0.191 e. The molecular weight excluding hydrogens is 389 g/mol. The first kappa shape index (κ1) is 18.3. The molecular formula is C13H26IN3O2S. The zero-order valence-electron chi connectivity index (χ0n) is 12.1. The van der Waals surface area contributed by atoms with Crippen molar-refractivity contribution < 1.29 is 9.84 Å². The lowest BCUT2D eigenvalue weighted by Gasteiger charge is -2.26. The second-order valence-electron chi connectivity index (χ2n) is 5.25. The van der Waals surface area contributed by atoms with E-state index in [-0.39, 0.29) is 24.0 Å². The van der Waals surface area contributed by atoms with Gasteiger partial charge in [0.1, 0.15) is 0 Å². The van der Waals surface area contributed by atoms with E-state index >= 15 is 0 Å². The second-order valence-corrected chi connectivity index (χ2v) is 6.36. The third-order valence-corrected chi connectivity index (χ3v) is 4.75. The summed E-state index contributed by atoms with van der Waals surface area (Å²) in [6.45, 7) is 5.01. The number of aliphatic imine (C=N–C) groups is 1. The van der Waals surface area contributed by atoms with Gasteiger partial charge >= 0.3 is 0 Å². The van der Waals surface area contributed by atoms with E-state index in [1.165, 1.54) is 0 Å². The van der Waals surface area contributed by atoms with Gasteiger partial charge < -0.3 is 20.5 Å². The fourth-order valence-electron chi connectivity index (χ4n) is 2.30. The number of hydrogen-bond donors (Lipinski definition) is 3. The Morgan fingerprint density at radius 3 is 2.80 bits per heavy atom. The molecule has 0 aromatic heterocycles. The van der Waals surface area contributed by atoms with Crippen LogP contribution in [0.25, 0.3) is 0 Å². The third-order valence-electron chi connectivity index (χ3n) is 3.52. The first-order valence-electron chi connectivity index (χ1n) is 7.14. The monoisotopic (exact) mass is 415 g/mol. The van der Waals surface area contributed by atoms with Crippen molar-refractivity contribution in [3.05, 3.63) is 0 Å². The Balaban J connectivity index is 0.00000200. The van der Waals surface area contributed by atoms with Crippen LogP contribution in [0.4, 0.5) is 0 Å². The highest BCUT2D eigenvalue weighted by Crippen LogP contribution is 2.27. The van der Waals surface area contributed by atoms with Gasteiger partial charge in [0, 0.05) is 31.6 Å². The number of nitrogens with one attached hydrogen (secondary N) is 2. The first-order chi connectivity index (χ1) is 9.22. The summed E-state index contributed by atoms with van der Waals surface area (Å²) >= 11 is 1.81. The number of aliphatic hydroxyl groups is 1. The first-order valence-corrected chi connectivity index (χ1v) is 8.30. The van der Waals surface area contributed by atoms with Crippen LogP contribution in [0.15, 0.2) is 4.99 Å². The van der Waals surface area contributed by atoms with Crippen molar-refractivity contribution in [2.75, 3.05) is 37.8 Å². The average Bonchev–Trinajstić information content (AvgIpc) is 2.85. The molecule has 2 heterocycles. The predicted molar refractivity (Wildman–Crippen MR) is 95.3 cm³/mol. The minimum atomic E-state index is -0.608. The van der Waals surface area contributed by atoms with Gasteiger partial charge in [0.05, 0.1) is 12.1 Å². The van der Waals surface area contributed by atoms with Crippen molar-refractivity contribution >= 4 is 41.7 Å². The van der Waals surface area contributed by atoms with Crippen molar-refractivity contribution in [3.63, 3.8) is 0 Å². The number of rotatable bonds is 4. The number of halogens is 1. The summed E-state index contributed by atoms with van der Waals surface area (Å²) in [5.74, 6) is 2.66. The van der Waals surface area contributed by atoms with Crippen LogP contribution in [0.5, 0.6) is 0 Å². The molecule has 118 valence electrons. The Morgan fingerprint density at radius 1 is 1.45 bits per heavy atom. The maximum absolute atomic E-state index is 10.3. The minimum Gasteiger partial charge on any atom is -0.387 e. The predicted octanol–water partition coefficient (Wildman–Crippen LogP) is 1.21. The Morgan fingerprint density at radius 2 is 2.20 bits per heavy atom. The van der Waals surface area contributed by atoms with E-state index in [1.54, 1.807) is 11.8 Å². The van der Waals surface area contributed by atoms with E-state index in [0.29, 0.717) is 12.6 Å². The highest BCUT2D eigenvalue weighted by Gasteiger charge is 2.31. The molecule has 5 nitrogen and oxygen atoms in total. The standard InChI is InChI=1S/C13H25N3O2S.HI/c1-2-14-12(16-11-3-6-18-7-4-11)15-9-13(17)5-8-19-10-13;/h11,17H,2-10H2,1H3,(H2,14,15,16);1H. The number of hydrogen-bond acceptors (Lipinski definition) is 4. The molecule has 0 saturated carbocycles. The summed E-state index contributed by atoms with van der Waals surface area (Å²) in [5, 5.41) is 17.0. The maximum Gasteiger partial charge on any atom is 0.191 e. The SMILES string of the molecule is CCNC(=NCC1(O)CCSC1)NC1CCOCC1.I. The Bertz CT molecular complexity index is 306. The van der Waals surface area contributed by atoms with Crippen molar-refractivity contribution in [2.45, 2.75) is 37.8 Å². The van der Waals surface area contributed by atoms with Gasteiger partial charge in [-0.25, -0.2) is 0 Å². The quantitative estimate of drug-likeness (QED) is 0.366. The van der Waals surface area contributed by atoms with Gasteiger partial charge in [0.25, 0.3) is 0 Å². The van der Waals surface area contributed by atoms with Gasteiger partial charge in [-0.2, -0.15) is 11.8 Å². The van der Waals surface area contributed by atoms with E-state index in [0.717, 1.165) is 56.5 Å². The minimum absolute atomic E-state index is 0. The summed E-state index contributed by atoms with van der Waals surface area (Å²) in [6.07, 6.45) is 2.88. The molecule has 0 spiro atoms. The maximum atomic E-state index is 10.3. The van der Waals surface area contributed by atoms with Gasteiger partial charge in [-0.1, -0.05) is 0 Å². The Kier molecular flexibility index (Phi) is 8.54. The number of thioether (sulfide) groups is 1. The average molecular weight is 415 g/mol. The molecule has 7 heteroatoms. The lowest BCUT2D eigenvalue weighted by molar-refractivity contribution is 0.0767. The number of guanidine groups is 1. The van der Waals surface area contributed by atoms with E-state index in [1.807, 2.05) is 0 Å². The Labute approximate surface area is 142 Å². The Hall–Kier alpha value is 0.270. The van der Waals surface area contributed by atoms with Gasteiger partial charge in [0.2, 0.25) is 0 Å². The molecule has 0 aromatic carbocycles. The van der Waals surface area contributed by atoms with Crippen molar-refractivity contribution in [1.29, 1.82) is 0 Å². The van der Waals surface area contributed by atoms with Crippen LogP contribution >= 0.6 is 35.7 Å². The number of nitrogens with zero attached hydrogens (tertiary/aromatic N) is 1. The molecule has 0 aliphatic carbocycles. The normalized spacial score (nSPS) is 28.0. The van der Waals surface area contributed by atoms with Crippen LogP contribution in [0.1, 0.15) is 26.2 Å². The lowest BCUT2D eigenvalue weighted by Crippen LogP contribution is -2.46. The molecule has 2 fully saturated rings. The van der Waals surface area contributed by atoms with Crippen LogP contribution < -0.4 is 10.6 Å². The lowest BCUT2D eigenvalue weighted by atomic mass is 10.0. The summed E-state index contributed by atoms with van der Waals surface area (Å²) in [5.41, 5.74) is -0.608. The largest absolute Gasteiger partial charge is 0.387 e. The third kappa shape index (κ3) is 5.95. The summed E-state index contributed by atoms with van der Waals surface area (Å²) in [7, 11) is 0. The van der Waals surface area contributed by atoms with Gasteiger partial charge in [0.15, 0.2) is 5.96 Å². The van der Waals surface area contributed by atoms with Crippen LogP contribution in [-0.2, 0) is 4.74 Å². The summed E-state index contributed by atoms with van der Waals surface area (Å²) in [4.78, 5) is 4.55. The van der Waals surface area contributed by atoms with E-state index in [2.05, 4.69) is 22.5 Å². The second kappa shape index (κ2) is 9.32. The van der Waals surface area contributed by atoms with Crippen LogP contribution in [-0.4, -0.2) is 60.5 Å². The molecule has 0 amide bonds. The van der Waals surface area contributed by atoms with Crippen molar-refractivity contribution in [3.8, 4) is 0 Å². The number of ether oxygens (including phenoxy) is 1. The molecule has 3 N–H and O–H groups in total. The highest BCUT2D eigenvalue weighted by atomic mass is 127. The van der Waals surface area contributed by atoms with E-state index in [9.17, 15) is 5.11 Å². The summed E-state index contributed by atoms with van der Waals surface area (Å²) in [6, 6.07) is 0.430. The highest BCUT2D eigenvalue weighted by molar-refractivity contribution is 14.0.